The second-order valence-corrected chi connectivity index (χ2v) is 8.63. The van der Waals surface area contributed by atoms with E-state index in [4.69, 9.17) is 0 Å². The van der Waals surface area contributed by atoms with Crippen LogP contribution in [0, 0.1) is 5.41 Å². The standard InChI is InChI=1S/C22H31N3O3/c26-18-15-22(21(28)23-20(18)17-7-3-1-4-8-17)9-13-24(14-10-22)16-19(27)25-11-5-2-6-12-25/h1,3-4,7-8,18,20,26H,2,5-6,9-16H2,(H,23,28)/t18-,20+/m1/s1. The summed E-state index contributed by atoms with van der Waals surface area (Å²) < 4.78 is 0. The first kappa shape index (κ1) is 19.4. The molecule has 4 rings (SSSR count). The van der Waals surface area contributed by atoms with E-state index in [9.17, 15) is 14.7 Å². The molecule has 0 aromatic heterocycles. The first-order chi connectivity index (χ1) is 13.6. The highest BCUT2D eigenvalue weighted by Crippen LogP contribution is 2.42. The molecule has 28 heavy (non-hydrogen) atoms. The van der Waals surface area contributed by atoms with Gasteiger partial charge in [-0.3, -0.25) is 14.5 Å². The molecule has 3 aliphatic rings. The number of amides is 2. The predicted molar refractivity (Wildman–Crippen MR) is 106 cm³/mol. The molecule has 1 aromatic carbocycles. The molecule has 1 aromatic rings. The van der Waals surface area contributed by atoms with Crippen molar-refractivity contribution in [3.8, 4) is 0 Å². The molecule has 3 heterocycles. The molecule has 6 heteroatoms. The number of hydrogen-bond acceptors (Lipinski definition) is 4. The quantitative estimate of drug-likeness (QED) is 0.831. The maximum Gasteiger partial charge on any atom is 0.236 e. The van der Waals surface area contributed by atoms with Crippen LogP contribution in [0.1, 0.15) is 50.1 Å². The Hall–Kier alpha value is -1.92. The Labute approximate surface area is 166 Å². The van der Waals surface area contributed by atoms with Crippen molar-refractivity contribution in [1.29, 1.82) is 0 Å². The van der Waals surface area contributed by atoms with Crippen molar-refractivity contribution < 1.29 is 14.7 Å². The Kier molecular flexibility index (Phi) is 5.69. The van der Waals surface area contributed by atoms with Gasteiger partial charge in [0.15, 0.2) is 0 Å². The zero-order chi connectivity index (χ0) is 19.6. The summed E-state index contributed by atoms with van der Waals surface area (Å²) in [6.07, 6.45) is 4.74. The molecule has 3 saturated heterocycles. The van der Waals surface area contributed by atoms with Crippen molar-refractivity contribution in [3.63, 3.8) is 0 Å². The summed E-state index contributed by atoms with van der Waals surface area (Å²) in [5.41, 5.74) is 0.442. The van der Waals surface area contributed by atoms with Gasteiger partial charge in [-0.15, -0.1) is 0 Å². The van der Waals surface area contributed by atoms with E-state index >= 15 is 0 Å². The van der Waals surface area contributed by atoms with Crippen molar-refractivity contribution in [1.82, 2.24) is 15.1 Å². The second kappa shape index (κ2) is 8.21. The van der Waals surface area contributed by atoms with E-state index in [0.29, 0.717) is 25.8 Å². The topological polar surface area (TPSA) is 72.9 Å². The molecule has 3 fully saturated rings. The monoisotopic (exact) mass is 385 g/mol. The highest BCUT2D eigenvalue weighted by atomic mass is 16.3. The third-order valence-corrected chi connectivity index (χ3v) is 6.79. The Balaban J connectivity index is 1.33. The van der Waals surface area contributed by atoms with Crippen molar-refractivity contribution in [3.05, 3.63) is 35.9 Å². The molecular weight excluding hydrogens is 354 g/mol. The average molecular weight is 386 g/mol. The van der Waals surface area contributed by atoms with E-state index in [1.54, 1.807) is 0 Å². The number of carbonyl (C=O) groups is 2. The molecule has 1 spiro atoms. The Morgan fingerprint density at radius 2 is 1.75 bits per heavy atom. The summed E-state index contributed by atoms with van der Waals surface area (Å²) >= 11 is 0. The molecule has 2 amide bonds. The van der Waals surface area contributed by atoms with Crippen LogP contribution in [0.2, 0.25) is 0 Å². The van der Waals surface area contributed by atoms with E-state index in [1.165, 1.54) is 6.42 Å². The molecule has 0 bridgehead atoms. The molecular formula is C22H31N3O3. The minimum absolute atomic E-state index is 0.0497. The molecule has 3 aliphatic heterocycles. The second-order valence-electron chi connectivity index (χ2n) is 8.63. The van der Waals surface area contributed by atoms with E-state index < -0.39 is 11.5 Å². The smallest absolute Gasteiger partial charge is 0.236 e. The predicted octanol–water partition coefficient (Wildman–Crippen LogP) is 1.70. The summed E-state index contributed by atoms with van der Waals surface area (Å²) in [5.74, 6) is 0.265. The van der Waals surface area contributed by atoms with Crippen molar-refractivity contribution in [2.45, 2.75) is 50.7 Å². The van der Waals surface area contributed by atoms with Crippen LogP contribution >= 0.6 is 0 Å². The maximum atomic E-state index is 13.0. The minimum Gasteiger partial charge on any atom is -0.391 e. The van der Waals surface area contributed by atoms with Gasteiger partial charge in [0.25, 0.3) is 0 Å². The van der Waals surface area contributed by atoms with Crippen LogP contribution in [0.4, 0.5) is 0 Å². The number of benzene rings is 1. The first-order valence-corrected chi connectivity index (χ1v) is 10.6. The maximum absolute atomic E-state index is 13.0. The largest absolute Gasteiger partial charge is 0.391 e. The number of piperidine rings is 3. The summed E-state index contributed by atoms with van der Waals surface area (Å²) in [6, 6.07) is 9.34. The zero-order valence-electron chi connectivity index (χ0n) is 16.5. The number of nitrogens with one attached hydrogen (secondary N) is 1. The number of nitrogens with zero attached hydrogens (tertiary/aromatic N) is 2. The van der Waals surface area contributed by atoms with Gasteiger partial charge in [-0.1, -0.05) is 30.3 Å². The van der Waals surface area contributed by atoms with E-state index in [2.05, 4.69) is 10.2 Å². The fourth-order valence-electron chi connectivity index (χ4n) is 4.97. The SMILES string of the molecule is O=C(CN1CCC2(CC1)C[C@@H](O)[C@H](c1ccccc1)NC2=O)N1CCCCC1. The van der Waals surface area contributed by atoms with Crippen LogP contribution in [0.25, 0.3) is 0 Å². The van der Waals surface area contributed by atoms with Gasteiger partial charge in [0, 0.05) is 13.1 Å². The van der Waals surface area contributed by atoms with Crippen molar-refractivity contribution in [2.24, 2.45) is 5.41 Å². The fourth-order valence-corrected chi connectivity index (χ4v) is 4.97. The number of rotatable bonds is 3. The van der Waals surface area contributed by atoms with Gasteiger partial charge in [-0.05, 0) is 57.2 Å². The lowest BCUT2D eigenvalue weighted by Crippen LogP contribution is -2.57. The molecule has 0 saturated carbocycles. The Morgan fingerprint density at radius 3 is 2.43 bits per heavy atom. The number of likely N-dealkylation sites (tertiary alicyclic amines) is 2. The molecule has 2 N–H and O–H groups in total. The molecule has 152 valence electrons. The van der Waals surface area contributed by atoms with Crippen LogP contribution in [0.15, 0.2) is 30.3 Å². The summed E-state index contributed by atoms with van der Waals surface area (Å²) in [5, 5.41) is 13.8. The lowest BCUT2D eigenvalue weighted by atomic mass is 9.69. The first-order valence-electron chi connectivity index (χ1n) is 10.6. The van der Waals surface area contributed by atoms with Gasteiger partial charge >= 0.3 is 0 Å². The molecule has 6 nitrogen and oxygen atoms in total. The summed E-state index contributed by atoms with van der Waals surface area (Å²) in [7, 11) is 0. The van der Waals surface area contributed by atoms with Gasteiger partial charge < -0.3 is 15.3 Å². The molecule has 0 radical (unpaired) electrons. The van der Waals surface area contributed by atoms with E-state index in [0.717, 1.165) is 44.6 Å². The number of hydrogen-bond donors (Lipinski definition) is 2. The normalized spacial score (nSPS) is 28.2. The van der Waals surface area contributed by atoms with Crippen LogP contribution in [0.3, 0.4) is 0 Å². The average Bonchev–Trinajstić information content (AvgIpc) is 2.73. The number of aliphatic hydroxyl groups excluding tert-OH is 1. The number of carbonyl (C=O) groups excluding carboxylic acids is 2. The highest BCUT2D eigenvalue weighted by molar-refractivity contribution is 5.84. The fraction of sp³-hybridized carbons (Fsp3) is 0.636. The molecule has 0 aliphatic carbocycles. The summed E-state index contributed by atoms with van der Waals surface area (Å²) in [6.45, 7) is 3.68. The van der Waals surface area contributed by atoms with Crippen molar-refractivity contribution in [2.75, 3.05) is 32.7 Å². The summed E-state index contributed by atoms with van der Waals surface area (Å²) in [4.78, 5) is 29.6. The van der Waals surface area contributed by atoms with Crippen LogP contribution in [0.5, 0.6) is 0 Å². The minimum atomic E-state index is -0.582. The number of aliphatic hydroxyl groups is 1. The van der Waals surface area contributed by atoms with Crippen LogP contribution in [-0.2, 0) is 9.59 Å². The van der Waals surface area contributed by atoms with Gasteiger partial charge in [0.1, 0.15) is 0 Å². The van der Waals surface area contributed by atoms with E-state index in [-0.39, 0.29) is 17.9 Å². The third kappa shape index (κ3) is 3.94. The van der Waals surface area contributed by atoms with Crippen LogP contribution < -0.4 is 5.32 Å². The van der Waals surface area contributed by atoms with Gasteiger partial charge in [-0.25, -0.2) is 0 Å². The van der Waals surface area contributed by atoms with Crippen molar-refractivity contribution >= 4 is 11.8 Å². The molecule has 2 atom stereocenters. The highest BCUT2D eigenvalue weighted by Gasteiger charge is 2.48. The van der Waals surface area contributed by atoms with Gasteiger partial charge in [0.2, 0.25) is 11.8 Å². The zero-order valence-corrected chi connectivity index (χ0v) is 16.5. The van der Waals surface area contributed by atoms with E-state index in [1.807, 2.05) is 35.2 Å². The Bertz CT molecular complexity index is 694. The Morgan fingerprint density at radius 1 is 1.07 bits per heavy atom. The van der Waals surface area contributed by atoms with Gasteiger partial charge in [-0.2, -0.15) is 0 Å². The molecule has 0 unspecified atom stereocenters. The lowest BCUT2D eigenvalue weighted by molar-refractivity contribution is -0.145. The van der Waals surface area contributed by atoms with Crippen LogP contribution in [-0.4, -0.2) is 65.5 Å². The third-order valence-electron chi connectivity index (χ3n) is 6.79. The van der Waals surface area contributed by atoms with Gasteiger partial charge in [0.05, 0.1) is 24.1 Å². The lowest BCUT2D eigenvalue weighted by Gasteiger charge is -2.46.